The molecule has 3 aromatic rings. The predicted octanol–water partition coefficient (Wildman–Crippen LogP) is 3.64. The van der Waals surface area contributed by atoms with Gasteiger partial charge in [-0.3, -0.25) is 5.41 Å². The lowest BCUT2D eigenvalue weighted by Crippen LogP contribution is -2.25. The molecule has 5 nitrogen and oxygen atoms in total. The Balaban J connectivity index is 2.18. The normalized spacial score (nSPS) is 12.5. The van der Waals surface area contributed by atoms with E-state index in [1.807, 2.05) is 12.1 Å². The zero-order valence-electron chi connectivity index (χ0n) is 12.6. The Kier molecular flexibility index (Phi) is 4.17. The molecule has 2 aromatic carbocycles. The number of halogens is 3. The van der Waals surface area contributed by atoms with Crippen LogP contribution in [0.25, 0.3) is 10.2 Å². The molecule has 0 unspecified atom stereocenters. The maximum absolute atomic E-state index is 13.3. The van der Waals surface area contributed by atoms with Gasteiger partial charge in [0.15, 0.2) is 0 Å². The number of rotatable bonds is 3. The highest BCUT2D eigenvalue weighted by Gasteiger charge is 2.35. The Morgan fingerprint density at radius 1 is 1.08 bits per heavy atom. The molecule has 0 aliphatic heterocycles. The summed E-state index contributed by atoms with van der Waals surface area (Å²) in [6.07, 6.45) is -4.66. The number of hydrogen-bond acceptors (Lipinski definition) is 4. The smallest absolute Gasteiger partial charge is 0.384 e. The molecule has 0 saturated heterocycles. The fourth-order valence-corrected chi connectivity index (χ4v) is 3.21. The Morgan fingerprint density at radius 3 is 2.44 bits per heavy atom. The zero-order chi connectivity index (χ0) is 18.2. The van der Waals surface area contributed by atoms with Crippen LogP contribution in [-0.4, -0.2) is 16.7 Å². The predicted molar refractivity (Wildman–Crippen MR) is 92.5 cm³/mol. The number of nitrogens with zero attached hydrogens (tertiary/aromatic N) is 2. The van der Waals surface area contributed by atoms with E-state index >= 15 is 0 Å². The van der Waals surface area contributed by atoms with Crippen molar-refractivity contribution in [1.82, 2.24) is 4.98 Å². The van der Waals surface area contributed by atoms with Crippen molar-refractivity contribution in [3.8, 4) is 0 Å². The van der Waals surface area contributed by atoms with Gasteiger partial charge in [0, 0.05) is 11.1 Å². The van der Waals surface area contributed by atoms with E-state index in [2.05, 4.69) is 9.98 Å². The van der Waals surface area contributed by atoms with E-state index in [1.54, 1.807) is 12.1 Å². The lowest BCUT2D eigenvalue weighted by atomic mass is 9.99. The Morgan fingerprint density at radius 2 is 1.80 bits per heavy atom. The van der Waals surface area contributed by atoms with Crippen LogP contribution in [0.4, 0.5) is 18.3 Å². The number of hydrogen-bond donors (Lipinski definition) is 3. The highest BCUT2D eigenvalue weighted by atomic mass is 32.1. The molecule has 0 saturated carbocycles. The molecule has 9 heteroatoms. The van der Waals surface area contributed by atoms with Gasteiger partial charge in [-0.05, 0) is 18.2 Å². The molecule has 0 amide bonds. The molecule has 0 atom stereocenters. The summed E-state index contributed by atoms with van der Waals surface area (Å²) in [6, 6.07) is 10.6. The van der Waals surface area contributed by atoms with Gasteiger partial charge in [0.2, 0.25) is 5.13 Å². The fourth-order valence-electron chi connectivity index (χ4n) is 2.36. The van der Waals surface area contributed by atoms with Crippen LogP contribution in [-0.2, 0) is 6.18 Å². The first kappa shape index (κ1) is 16.9. The number of para-hydroxylation sites is 1. The molecule has 25 heavy (non-hydrogen) atoms. The summed E-state index contributed by atoms with van der Waals surface area (Å²) in [4.78, 5) is 8.26. The van der Waals surface area contributed by atoms with Gasteiger partial charge in [-0.25, -0.2) is 9.98 Å². The monoisotopic (exact) mass is 363 g/mol. The molecule has 0 bridgehead atoms. The lowest BCUT2D eigenvalue weighted by Gasteiger charge is -2.15. The van der Waals surface area contributed by atoms with E-state index in [4.69, 9.17) is 16.9 Å². The molecule has 3 rings (SSSR count). The summed E-state index contributed by atoms with van der Waals surface area (Å²) in [5.74, 6) is -0.916. The van der Waals surface area contributed by atoms with Gasteiger partial charge >= 0.3 is 6.18 Å². The first-order valence-corrected chi connectivity index (χ1v) is 7.83. The van der Waals surface area contributed by atoms with E-state index in [1.165, 1.54) is 23.5 Å². The van der Waals surface area contributed by atoms with E-state index in [-0.39, 0.29) is 10.7 Å². The summed E-state index contributed by atoms with van der Waals surface area (Å²) < 4.78 is 40.8. The molecule has 1 heterocycles. The Hall–Kier alpha value is -2.94. The number of benzene rings is 2. The van der Waals surface area contributed by atoms with Crippen molar-refractivity contribution in [2.45, 2.75) is 6.18 Å². The highest BCUT2D eigenvalue weighted by molar-refractivity contribution is 7.22. The van der Waals surface area contributed by atoms with Crippen LogP contribution in [0.1, 0.15) is 16.7 Å². The third kappa shape index (κ3) is 3.31. The van der Waals surface area contributed by atoms with Gasteiger partial charge in [-0.1, -0.05) is 35.6 Å². The summed E-state index contributed by atoms with van der Waals surface area (Å²) in [7, 11) is 0. The summed E-state index contributed by atoms with van der Waals surface area (Å²) >= 11 is 1.20. The van der Waals surface area contributed by atoms with E-state index < -0.39 is 29.0 Å². The minimum Gasteiger partial charge on any atom is -0.384 e. The topological polar surface area (TPSA) is 101 Å². The molecule has 0 fully saturated rings. The number of thiazole rings is 1. The first-order chi connectivity index (χ1) is 11.8. The van der Waals surface area contributed by atoms with Crippen LogP contribution in [0.5, 0.6) is 0 Å². The molecule has 0 spiro atoms. The molecule has 1 aromatic heterocycles. The van der Waals surface area contributed by atoms with Crippen molar-refractivity contribution < 1.29 is 13.2 Å². The third-order valence-electron chi connectivity index (χ3n) is 3.41. The van der Waals surface area contributed by atoms with E-state index in [0.29, 0.717) is 5.52 Å². The lowest BCUT2D eigenvalue weighted by molar-refractivity contribution is -0.137. The Labute approximate surface area is 144 Å². The summed E-state index contributed by atoms with van der Waals surface area (Å²) in [5, 5.41) is 7.75. The van der Waals surface area contributed by atoms with Gasteiger partial charge in [-0.15, -0.1) is 0 Å². The largest absolute Gasteiger partial charge is 0.417 e. The van der Waals surface area contributed by atoms with Crippen LogP contribution in [0.3, 0.4) is 0 Å². The second-order valence-electron chi connectivity index (χ2n) is 5.10. The van der Waals surface area contributed by atoms with Crippen LogP contribution in [0, 0.1) is 5.41 Å². The van der Waals surface area contributed by atoms with Gasteiger partial charge < -0.3 is 11.5 Å². The molecule has 128 valence electrons. The number of nitrogens with one attached hydrogen (secondary N) is 1. The molecule has 0 aliphatic rings. The van der Waals surface area contributed by atoms with Crippen LogP contribution < -0.4 is 11.5 Å². The SMILES string of the molecule is N=C(N)c1cccc(C(F)(F)F)c1/C(N)=N/c1nc2ccccc2s1. The number of nitrogen functional groups attached to an aromatic ring is 1. The van der Waals surface area contributed by atoms with Crippen molar-refractivity contribution in [2.24, 2.45) is 16.5 Å². The van der Waals surface area contributed by atoms with E-state index in [0.717, 1.165) is 10.8 Å². The standard InChI is InChI=1S/C16H12F3N5S/c17-16(18,19)9-5-3-4-8(13(20)21)12(9)14(22)24-15-23-10-6-1-2-7-11(10)25-15/h1-7H,(H3,20,21)(H2,22,23,24). The number of amidine groups is 2. The Bertz CT molecular complexity index is 958. The van der Waals surface area contributed by atoms with Crippen molar-refractivity contribution in [3.63, 3.8) is 0 Å². The number of fused-ring (bicyclic) bond motifs is 1. The minimum atomic E-state index is -4.66. The van der Waals surface area contributed by atoms with Crippen LogP contribution >= 0.6 is 11.3 Å². The van der Waals surface area contributed by atoms with Gasteiger partial charge in [0.05, 0.1) is 15.8 Å². The first-order valence-electron chi connectivity index (χ1n) is 7.02. The van der Waals surface area contributed by atoms with Crippen LogP contribution in [0.2, 0.25) is 0 Å². The van der Waals surface area contributed by atoms with Gasteiger partial charge in [0.25, 0.3) is 0 Å². The molecular formula is C16H12F3N5S. The quantitative estimate of drug-likeness (QED) is 0.489. The zero-order valence-corrected chi connectivity index (χ0v) is 13.4. The second-order valence-corrected chi connectivity index (χ2v) is 6.11. The van der Waals surface area contributed by atoms with E-state index in [9.17, 15) is 13.2 Å². The summed E-state index contributed by atoms with van der Waals surface area (Å²) in [6.45, 7) is 0. The van der Waals surface area contributed by atoms with Gasteiger partial charge in [-0.2, -0.15) is 13.2 Å². The van der Waals surface area contributed by atoms with Gasteiger partial charge in [0.1, 0.15) is 11.7 Å². The highest BCUT2D eigenvalue weighted by Crippen LogP contribution is 2.34. The molecule has 5 N–H and O–H groups in total. The number of alkyl halides is 3. The maximum Gasteiger partial charge on any atom is 0.417 e. The second kappa shape index (κ2) is 6.17. The molecule has 0 radical (unpaired) electrons. The maximum atomic E-state index is 13.3. The summed E-state index contributed by atoms with van der Waals surface area (Å²) in [5.41, 5.74) is 10.4. The average Bonchev–Trinajstić information content (AvgIpc) is 2.95. The number of nitrogens with two attached hydrogens (primary N) is 2. The third-order valence-corrected chi connectivity index (χ3v) is 4.35. The molecule has 0 aliphatic carbocycles. The minimum absolute atomic E-state index is 0.128. The van der Waals surface area contributed by atoms with Crippen LogP contribution in [0.15, 0.2) is 47.5 Å². The average molecular weight is 363 g/mol. The number of aliphatic imine (C=N–C) groups is 1. The number of aromatic nitrogens is 1. The van der Waals surface area contributed by atoms with Crippen molar-refractivity contribution in [3.05, 3.63) is 59.2 Å². The van der Waals surface area contributed by atoms with Crippen molar-refractivity contribution >= 4 is 38.4 Å². The van der Waals surface area contributed by atoms with Crippen molar-refractivity contribution in [2.75, 3.05) is 0 Å². The fraction of sp³-hybridized carbons (Fsp3) is 0.0625. The molecular weight excluding hydrogens is 351 g/mol. The van der Waals surface area contributed by atoms with Crippen molar-refractivity contribution in [1.29, 1.82) is 5.41 Å².